The van der Waals surface area contributed by atoms with Crippen molar-refractivity contribution in [3.8, 4) is 5.75 Å². The lowest BCUT2D eigenvalue weighted by molar-refractivity contribution is 0.347. The molecule has 0 radical (unpaired) electrons. The summed E-state index contributed by atoms with van der Waals surface area (Å²) in [4.78, 5) is 0.203. The van der Waals surface area contributed by atoms with Gasteiger partial charge >= 0.3 is 0 Å². The molecule has 1 aliphatic rings. The van der Waals surface area contributed by atoms with Gasteiger partial charge in [0.15, 0.2) is 0 Å². The minimum atomic E-state index is -3.57. The second-order valence-corrected chi connectivity index (χ2v) is 7.10. The molecule has 2 N–H and O–H groups in total. The Bertz CT molecular complexity index is 607. The molecule has 1 fully saturated rings. The molecule has 0 bridgehead atoms. The molecule has 1 aromatic carbocycles. The maximum atomic E-state index is 12.8. The Hall–Kier alpha value is -1.53. The van der Waals surface area contributed by atoms with Gasteiger partial charge in [-0.2, -0.15) is 4.31 Å². The van der Waals surface area contributed by atoms with E-state index in [0.717, 1.165) is 25.7 Å². The van der Waals surface area contributed by atoms with Gasteiger partial charge in [-0.1, -0.05) is 18.9 Å². The van der Waals surface area contributed by atoms with E-state index in [1.54, 1.807) is 12.1 Å². The van der Waals surface area contributed by atoms with Crippen LogP contribution in [-0.4, -0.2) is 32.4 Å². The zero-order valence-corrected chi connectivity index (χ0v) is 13.1. The number of hydrogen-bond donors (Lipinski definition) is 1. The summed E-state index contributed by atoms with van der Waals surface area (Å²) >= 11 is 0. The van der Waals surface area contributed by atoms with Crippen LogP contribution in [0.4, 0.5) is 5.69 Å². The molecule has 1 aromatic rings. The Kier molecular flexibility index (Phi) is 4.90. The lowest BCUT2D eigenvalue weighted by atomic mass is 10.2. The predicted molar refractivity (Wildman–Crippen MR) is 83.8 cm³/mol. The van der Waals surface area contributed by atoms with Gasteiger partial charge in [0.1, 0.15) is 5.75 Å². The molecule has 21 heavy (non-hydrogen) atoms. The average molecular weight is 310 g/mol. The first-order valence-electron chi connectivity index (χ1n) is 7.07. The normalized spacial score (nSPS) is 16.3. The van der Waals surface area contributed by atoms with E-state index in [-0.39, 0.29) is 10.9 Å². The van der Waals surface area contributed by atoms with Crippen molar-refractivity contribution >= 4 is 15.7 Å². The molecule has 0 atom stereocenters. The van der Waals surface area contributed by atoms with Crippen molar-refractivity contribution in [2.24, 2.45) is 0 Å². The second kappa shape index (κ2) is 6.49. The van der Waals surface area contributed by atoms with Crippen LogP contribution in [-0.2, 0) is 10.0 Å². The van der Waals surface area contributed by atoms with Gasteiger partial charge in [0.2, 0.25) is 10.0 Å². The third-order valence-corrected chi connectivity index (χ3v) is 5.76. The molecule has 0 spiro atoms. The highest BCUT2D eigenvalue weighted by atomic mass is 32.2. The monoisotopic (exact) mass is 310 g/mol. The van der Waals surface area contributed by atoms with Crippen LogP contribution in [0.25, 0.3) is 0 Å². The quantitative estimate of drug-likeness (QED) is 0.647. The van der Waals surface area contributed by atoms with Crippen molar-refractivity contribution in [1.82, 2.24) is 4.31 Å². The number of anilines is 1. The van der Waals surface area contributed by atoms with E-state index in [1.807, 2.05) is 0 Å². The van der Waals surface area contributed by atoms with E-state index in [0.29, 0.717) is 18.0 Å². The Balaban J connectivity index is 2.37. The number of ether oxygens (including phenoxy) is 1. The molecule has 6 heteroatoms. The highest BCUT2D eigenvalue weighted by molar-refractivity contribution is 7.89. The third kappa shape index (κ3) is 3.22. The zero-order chi connectivity index (χ0) is 15.5. The summed E-state index contributed by atoms with van der Waals surface area (Å²) in [6, 6.07) is 4.63. The molecule has 0 aliphatic heterocycles. The van der Waals surface area contributed by atoms with E-state index >= 15 is 0 Å². The molecule has 2 rings (SSSR count). The van der Waals surface area contributed by atoms with Crippen LogP contribution in [0.3, 0.4) is 0 Å². The van der Waals surface area contributed by atoms with Crippen LogP contribution in [0, 0.1) is 0 Å². The standard InChI is InChI=1S/C15H22N2O3S/c1-3-10-17(12-6-4-5-7-12)21(18,19)13-8-9-15(20-2)14(16)11-13/h3,8-9,11-12H,1,4-7,10,16H2,2H3. The number of nitrogen functional groups attached to an aromatic ring is 1. The summed E-state index contributed by atoms with van der Waals surface area (Å²) < 4.78 is 32.3. The van der Waals surface area contributed by atoms with Gasteiger partial charge in [0.05, 0.1) is 17.7 Å². The topological polar surface area (TPSA) is 72.6 Å². The summed E-state index contributed by atoms with van der Waals surface area (Å²) in [5, 5.41) is 0. The largest absolute Gasteiger partial charge is 0.495 e. The molecule has 5 nitrogen and oxygen atoms in total. The highest BCUT2D eigenvalue weighted by Crippen LogP contribution is 2.31. The number of nitrogens with two attached hydrogens (primary N) is 1. The maximum absolute atomic E-state index is 12.8. The van der Waals surface area contributed by atoms with Crippen LogP contribution in [0.1, 0.15) is 25.7 Å². The van der Waals surface area contributed by atoms with Gasteiger partial charge < -0.3 is 10.5 Å². The highest BCUT2D eigenvalue weighted by Gasteiger charge is 2.32. The Morgan fingerprint density at radius 1 is 1.43 bits per heavy atom. The first-order valence-corrected chi connectivity index (χ1v) is 8.51. The molecule has 0 aromatic heterocycles. The molecule has 0 amide bonds. The van der Waals surface area contributed by atoms with Crippen LogP contribution < -0.4 is 10.5 Å². The fourth-order valence-electron chi connectivity index (χ4n) is 2.77. The SMILES string of the molecule is C=CCN(C1CCCC1)S(=O)(=O)c1ccc(OC)c(N)c1. The minimum Gasteiger partial charge on any atom is -0.495 e. The number of sulfonamides is 1. The summed E-state index contributed by atoms with van der Waals surface area (Å²) in [5.74, 6) is 0.477. The van der Waals surface area contributed by atoms with E-state index in [9.17, 15) is 8.42 Å². The number of benzene rings is 1. The number of methoxy groups -OCH3 is 1. The molecule has 1 aliphatic carbocycles. The van der Waals surface area contributed by atoms with Crippen LogP contribution in [0.5, 0.6) is 5.75 Å². The van der Waals surface area contributed by atoms with Crippen molar-refractivity contribution in [2.75, 3.05) is 19.4 Å². The van der Waals surface area contributed by atoms with Crippen molar-refractivity contribution < 1.29 is 13.2 Å². The molecular weight excluding hydrogens is 288 g/mol. The predicted octanol–water partition coefficient (Wildman–Crippen LogP) is 2.40. The van der Waals surface area contributed by atoms with Crippen molar-refractivity contribution in [1.29, 1.82) is 0 Å². The average Bonchev–Trinajstić information content (AvgIpc) is 2.98. The summed E-state index contributed by atoms with van der Waals surface area (Å²) in [7, 11) is -2.07. The number of nitrogens with zero attached hydrogens (tertiary/aromatic N) is 1. The van der Waals surface area contributed by atoms with Crippen LogP contribution in [0.2, 0.25) is 0 Å². The number of hydrogen-bond acceptors (Lipinski definition) is 4. The van der Waals surface area contributed by atoms with Gasteiger partial charge in [-0.15, -0.1) is 6.58 Å². The van der Waals surface area contributed by atoms with Gasteiger partial charge in [-0.3, -0.25) is 0 Å². The van der Waals surface area contributed by atoms with Crippen LogP contribution in [0.15, 0.2) is 35.7 Å². The molecule has 0 heterocycles. The molecular formula is C15H22N2O3S. The van der Waals surface area contributed by atoms with Gasteiger partial charge in [0.25, 0.3) is 0 Å². The first-order chi connectivity index (χ1) is 10.0. The second-order valence-electron chi connectivity index (χ2n) is 5.21. The summed E-state index contributed by atoms with van der Waals surface area (Å²) in [5.41, 5.74) is 6.15. The van der Waals surface area contributed by atoms with Crippen molar-refractivity contribution in [3.63, 3.8) is 0 Å². The zero-order valence-electron chi connectivity index (χ0n) is 12.3. The fourth-order valence-corrected chi connectivity index (χ4v) is 4.46. The molecule has 0 saturated heterocycles. The van der Waals surface area contributed by atoms with E-state index in [1.165, 1.54) is 23.5 Å². The minimum absolute atomic E-state index is 0.0522. The van der Waals surface area contributed by atoms with Gasteiger partial charge in [-0.25, -0.2) is 8.42 Å². The molecule has 1 saturated carbocycles. The van der Waals surface area contributed by atoms with E-state index < -0.39 is 10.0 Å². The lowest BCUT2D eigenvalue weighted by Crippen LogP contribution is -2.38. The van der Waals surface area contributed by atoms with Crippen molar-refractivity contribution in [3.05, 3.63) is 30.9 Å². The van der Waals surface area contributed by atoms with E-state index in [2.05, 4.69) is 6.58 Å². The van der Waals surface area contributed by atoms with Gasteiger partial charge in [-0.05, 0) is 31.0 Å². The third-order valence-electron chi connectivity index (χ3n) is 3.85. The summed E-state index contributed by atoms with van der Waals surface area (Å²) in [6.07, 6.45) is 5.57. The van der Waals surface area contributed by atoms with Crippen molar-refractivity contribution in [2.45, 2.75) is 36.6 Å². The smallest absolute Gasteiger partial charge is 0.243 e. The lowest BCUT2D eigenvalue weighted by Gasteiger charge is -2.27. The van der Waals surface area contributed by atoms with Gasteiger partial charge in [0, 0.05) is 12.6 Å². The van der Waals surface area contributed by atoms with Crippen LogP contribution >= 0.6 is 0 Å². The molecule has 0 unspecified atom stereocenters. The van der Waals surface area contributed by atoms with E-state index in [4.69, 9.17) is 10.5 Å². The Morgan fingerprint density at radius 2 is 2.10 bits per heavy atom. The Morgan fingerprint density at radius 3 is 2.62 bits per heavy atom. The fraction of sp³-hybridized carbons (Fsp3) is 0.467. The first kappa shape index (κ1) is 15.9. The maximum Gasteiger partial charge on any atom is 0.243 e. The number of rotatable bonds is 6. The molecule has 116 valence electrons. The Labute approximate surface area is 126 Å². The summed E-state index contributed by atoms with van der Waals surface area (Å²) in [6.45, 7) is 3.99.